The van der Waals surface area contributed by atoms with Crippen LogP contribution < -0.4 is 5.32 Å². The first-order valence-electron chi connectivity index (χ1n) is 6.41. The van der Waals surface area contributed by atoms with Crippen molar-refractivity contribution in [3.05, 3.63) is 47.2 Å². The first-order chi connectivity index (χ1) is 8.99. The smallest absolute Gasteiger partial charge is 0.257 e. The molecule has 1 aromatic carbocycles. The standard InChI is InChI=1S/C15H19N3O/c1-10(2)18-14(7-8-16-18)17-15(19)13-9-11(3)5-6-12(13)4/h5-10H,1-4H3,(H,17,19). The minimum atomic E-state index is -0.0939. The molecule has 0 aliphatic heterocycles. The van der Waals surface area contributed by atoms with Crippen molar-refractivity contribution in [2.75, 3.05) is 5.32 Å². The second kappa shape index (κ2) is 5.26. The van der Waals surface area contributed by atoms with Crippen LogP contribution in [0.5, 0.6) is 0 Å². The van der Waals surface area contributed by atoms with Crippen LogP contribution in [-0.4, -0.2) is 15.7 Å². The van der Waals surface area contributed by atoms with E-state index in [1.165, 1.54) is 0 Å². The lowest BCUT2D eigenvalue weighted by Crippen LogP contribution is -2.17. The maximum absolute atomic E-state index is 12.3. The van der Waals surface area contributed by atoms with Crippen LogP contribution in [0.2, 0.25) is 0 Å². The zero-order chi connectivity index (χ0) is 14.0. The molecule has 1 heterocycles. The van der Waals surface area contributed by atoms with Gasteiger partial charge in [-0.2, -0.15) is 5.10 Å². The summed E-state index contributed by atoms with van der Waals surface area (Å²) in [4.78, 5) is 12.3. The SMILES string of the molecule is Cc1ccc(C)c(C(=O)Nc2ccnn2C(C)C)c1. The third-order valence-corrected chi connectivity index (χ3v) is 3.04. The quantitative estimate of drug-likeness (QED) is 0.916. The number of benzene rings is 1. The predicted octanol–water partition coefficient (Wildman–Crippen LogP) is 3.33. The fourth-order valence-electron chi connectivity index (χ4n) is 1.99. The van der Waals surface area contributed by atoms with Gasteiger partial charge in [0.05, 0.1) is 6.20 Å². The van der Waals surface area contributed by atoms with E-state index < -0.39 is 0 Å². The monoisotopic (exact) mass is 257 g/mol. The van der Waals surface area contributed by atoms with Crippen molar-refractivity contribution in [1.29, 1.82) is 0 Å². The van der Waals surface area contributed by atoms with E-state index in [9.17, 15) is 4.79 Å². The van der Waals surface area contributed by atoms with Gasteiger partial charge in [-0.1, -0.05) is 17.7 Å². The largest absolute Gasteiger partial charge is 0.307 e. The topological polar surface area (TPSA) is 46.9 Å². The van der Waals surface area contributed by atoms with Gasteiger partial charge >= 0.3 is 0 Å². The van der Waals surface area contributed by atoms with Crippen LogP contribution in [0.1, 0.15) is 41.4 Å². The molecule has 0 saturated carbocycles. The Morgan fingerprint density at radius 1 is 1.26 bits per heavy atom. The van der Waals surface area contributed by atoms with E-state index in [2.05, 4.69) is 10.4 Å². The maximum Gasteiger partial charge on any atom is 0.257 e. The Kier molecular flexibility index (Phi) is 3.69. The second-order valence-electron chi connectivity index (χ2n) is 5.03. The zero-order valence-corrected chi connectivity index (χ0v) is 11.8. The molecule has 0 saturated heterocycles. The molecule has 2 aromatic rings. The number of nitrogens with zero attached hydrogens (tertiary/aromatic N) is 2. The van der Waals surface area contributed by atoms with Gasteiger partial charge in [0.1, 0.15) is 5.82 Å². The molecule has 0 aliphatic rings. The molecule has 4 nitrogen and oxygen atoms in total. The van der Waals surface area contributed by atoms with Gasteiger partial charge in [-0.25, -0.2) is 4.68 Å². The Hall–Kier alpha value is -2.10. The number of carbonyl (C=O) groups excluding carboxylic acids is 1. The Bertz CT molecular complexity index is 599. The number of aryl methyl sites for hydroxylation is 2. The van der Waals surface area contributed by atoms with Gasteiger partial charge < -0.3 is 5.32 Å². The summed E-state index contributed by atoms with van der Waals surface area (Å²) in [5, 5.41) is 7.12. The molecule has 4 heteroatoms. The van der Waals surface area contributed by atoms with Crippen LogP contribution in [0.15, 0.2) is 30.5 Å². The highest BCUT2D eigenvalue weighted by Crippen LogP contribution is 2.16. The van der Waals surface area contributed by atoms with Crippen molar-refractivity contribution >= 4 is 11.7 Å². The molecule has 0 aliphatic carbocycles. The molecule has 1 N–H and O–H groups in total. The Morgan fingerprint density at radius 2 is 2.00 bits per heavy atom. The Balaban J connectivity index is 2.26. The molecule has 19 heavy (non-hydrogen) atoms. The fraction of sp³-hybridized carbons (Fsp3) is 0.333. The lowest BCUT2D eigenvalue weighted by Gasteiger charge is -2.13. The summed E-state index contributed by atoms with van der Waals surface area (Å²) in [5.41, 5.74) is 2.75. The Labute approximate surface area is 113 Å². The summed E-state index contributed by atoms with van der Waals surface area (Å²) < 4.78 is 1.79. The number of rotatable bonds is 3. The molecular formula is C15H19N3O. The first-order valence-corrected chi connectivity index (χ1v) is 6.41. The van der Waals surface area contributed by atoms with Crippen molar-refractivity contribution in [2.45, 2.75) is 33.7 Å². The van der Waals surface area contributed by atoms with Crippen molar-refractivity contribution < 1.29 is 4.79 Å². The van der Waals surface area contributed by atoms with Crippen molar-refractivity contribution in [3.8, 4) is 0 Å². The molecular weight excluding hydrogens is 238 g/mol. The highest BCUT2D eigenvalue weighted by atomic mass is 16.1. The van der Waals surface area contributed by atoms with Gasteiger partial charge in [0.25, 0.3) is 5.91 Å². The molecule has 0 spiro atoms. The number of anilines is 1. The molecule has 0 fully saturated rings. The van der Waals surface area contributed by atoms with E-state index in [-0.39, 0.29) is 11.9 Å². The lowest BCUT2D eigenvalue weighted by molar-refractivity contribution is 0.102. The summed E-state index contributed by atoms with van der Waals surface area (Å²) >= 11 is 0. The van der Waals surface area contributed by atoms with Crippen LogP contribution in [-0.2, 0) is 0 Å². The van der Waals surface area contributed by atoms with E-state index in [1.807, 2.05) is 52.0 Å². The van der Waals surface area contributed by atoms with Crippen molar-refractivity contribution in [2.24, 2.45) is 0 Å². The minimum Gasteiger partial charge on any atom is -0.307 e. The highest BCUT2D eigenvalue weighted by Gasteiger charge is 2.13. The minimum absolute atomic E-state index is 0.0939. The van der Waals surface area contributed by atoms with Gasteiger partial charge in [-0.05, 0) is 39.3 Å². The number of aromatic nitrogens is 2. The molecule has 0 atom stereocenters. The summed E-state index contributed by atoms with van der Waals surface area (Å²) in [6.45, 7) is 7.98. The third kappa shape index (κ3) is 2.84. The van der Waals surface area contributed by atoms with Crippen LogP contribution in [0.25, 0.3) is 0 Å². The highest BCUT2D eigenvalue weighted by molar-refractivity contribution is 6.04. The lowest BCUT2D eigenvalue weighted by atomic mass is 10.1. The number of carbonyl (C=O) groups is 1. The first kappa shape index (κ1) is 13.3. The van der Waals surface area contributed by atoms with E-state index in [4.69, 9.17) is 0 Å². The molecule has 2 rings (SSSR count). The number of nitrogens with one attached hydrogen (secondary N) is 1. The fourth-order valence-corrected chi connectivity index (χ4v) is 1.99. The maximum atomic E-state index is 12.3. The van der Waals surface area contributed by atoms with Crippen LogP contribution >= 0.6 is 0 Å². The van der Waals surface area contributed by atoms with Crippen LogP contribution in [0.3, 0.4) is 0 Å². The van der Waals surface area contributed by atoms with Crippen molar-refractivity contribution in [1.82, 2.24) is 9.78 Å². The van der Waals surface area contributed by atoms with E-state index in [1.54, 1.807) is 10.9 Å². The summed E-state index contributed by atoms with van der Waals surface area (Å²) in [5.74, 6) is 0.629. The van der Waals surface area contributed by atoms with E-state index in [0.29, 0.717) is 5.56 Å². The molecule has 0 radical (unpaired) electrons. The van der Waals surface area contributed by atoms with E-state index >= 15 is 0 Å². The molecule has 1 aromatic heterocycles. The predicted molar refractivity (Wildman–Crippen MR) is 76.5 cm³/mol. The van der Waals surface area contributed by atoms with Gasteiger partial charge in [-0.3, -0.25) is 4.79 Å². The van der Waals surface area contributed by atoms with Gasteiger partial charge in [0, 0.05) is 17.7 Å². The molecule has 100 valence electrons. The third-order valence-electron chi connectivity index (χ3n) is 3.04. The summed E-state index contributed by atoms with van der Waals surface area (Å²) in [6, 6.07) is 7.89. The number of hydrogen-bond acceptors (Lipinski definition) is 2. The summed E-state index contributed by atoms with van der Waals surface area (Å²) in [7, 11) is 0. The van der Waals surface area contributed by atoms with Gasteiger partial charge in [0.15, 0.2) is 0 Å². The van der Waals surface area contributed by atoms with Crippen molar-refractivity contribution in [3.63, 3.8) is 0 Å². The van der Waals surface area contributed by atoms with Crippen LogP contribution in [0.4, 0.5) is 5.82 Å². The normalized spacial score (nSPS) is 10.8. The second-order valence-corrected chi connectivity index (χ2v) is 5.03. The summed E-state index contributed by atoms with van der Waals surface area (Å²) in [6.07, 6.45) is 1.69. The number of hydrogen-bond donors (Lipinski definition) is 1. The zero-order valence-electron chi connectivity index (χ0n) is 11.8. The molecule has 0 bridgehead atoms. The Morgan fingerprint density at radius 3 is 2.68 bits per heavy atom. The average Bonchev–Trinajstić information content (AvgIpc) is 2.80. The molecule has 1 amide bonds. The van der Waals surface area contributed by atoms with E-state index in [0.717, 1.165) is 16.9 Å². The van der Waals surface area contributed by atoms with Crippen LogP contribution in [0, 0.1) is 13.8 Å². The number of amides is 1. The van der Waals surface area contributed by atoms with Gasteiger partial charge in [0.2, 0.25) is 0 Å². The van der Waals surface area contributed by atoms with Gasteiger partial charge in [-0.15, -0.1) is 0 Å². The average molecular weight is 257 g/mol. The molecule has 0 unspecified atom stereocenters.